The van der Waals surface area contributed by atoms with E-state index in [-0.39, 0.29) is 18.1 Å². The van der Waals surface area contributed by atoms with Gasteiger partial charge in [0.15, 0.2) is 0 Å². The van der Waals surface area contributed by atoms with Crippen molar-refractivity contribution in [3.05, 3.63) is 39.0 Å². The van der Waals surface area contributed by atoms with Crippen molar-refractivity contribution in [3.63, 3.8) is 0 Å². The number of nitrogens with one attached hydrogen (secondary N) is 1. The molecule has 0 fully saturated rings. The molecule has 1 aliphatic rings. The average molecular weight is 366 g/mol. The molecule has 3 rings (SSSR count). The third-order valence-corrected chi connectivity index (χ3v) is 4.95. The molecule has 0 bridgehead atoms. The molecule has 0 saturated carbocycles. The summed E-state index contributed by atoms with van der Waals surface area (Å²) < 4.78 is 10.6. The minimum atomic E-state index is 0.102. The zero-order valence-corrected chi connectivity index (χ0v) is 15.0. The number of amidine groups is 1. The number of hydrogen-bond acceptors (Lipinski definition) is 6. The predicted octanol–water partition coefficient (Wildman–Crippen LogP) is 3.89. The lowest BCUT2D eigenvalue weighted by Gasteiger charge is -2.22. The zero-order chi connectivity index (χ0) is 17.4. The van der Waals surface area contributed by atoms with E-state index in [1.807, 2.05) is 12.3 Å². The fourth-order valence-electron chi connectivity index (χ4n) is 2.53. The van der Waals surface area contributed by atoms with Gasteiger partial charge in [-0.25, -0.2) is 4.98 Å². The molecule has 0 unspecified atom stereocenters. The highest BCUT2D eigenvalue weighted by atomic mass is 35.5. The lowest BCUT2D eigenvalue weighted by molar-refractivity contribution is 0.400. The second kappa shape index (κ2) is 6.33. The molecule has 8 heteroatoms. The van der Waals surface area contributed by atoms with Gasteiger partial charge in [-0.15, -0.1) is 11.3 Å². The van der Waals surface area contributed by atoms with Gasteiger partial charge in [0.1, 0.15) is 28.1 Å². The molecule has 0 radical (unpaired) electrons. The molecule has 2 aromatic rings. The topological polar surface area (TPSA) is 78.7 Å². The van der Waals surface area contributed by atoms with Crippen LogP contribution >= 0.6 is 22.9 Å². The molecule has 126 valence electrons. The van der Waals surface area contributed by atoms with Crippen LogP contribution in [0.3, 0.4) is 0 Å². The molecule has 0 amide bonds. The molecule has 0 saturated heterocycles. The number of halogens is 1. The molecule has 1 aromatic carbocycles. The van der Waals surface area contributed by atoms with Gasteiger partial charge < -0.3 is 19.5 Å². The Bertz CT molecular complexity index is 847. The minimum Gasteiger partial charge on any atom is -0.510 e. The van der Waals surface area contributed by atoms with Crippen LogP contribution in [-0.2, 0) is 0 Å². The monoisotopic (exact) mass is 365 g/mol. The number of benzene rings is 1. The summed E-state index contributed by atoms with van der Waals surface area (Å²) in [7, 11) is 3.05. The highest BCUT2D eigenvalue weighted by molar-refractivity contribution is 7.11. The van der Waals surface area contributed by atoms with E-state index in [9.17, 15) is 5.11 Å². The molecule has 6 nitrogen and oxygen atoms in total. The van der Waals surface area contributed by atoms with E-state index in [2.05, 4.69) is 4.98 Å². The predicted molar refractivity (Wildman–Crippen MR) is 96.0 cm³/mol. The van der Waals surface area contributed by atoms with Gasteiger partial charge in [-0.3, -0.25) is 5.41 Å². The first-order chi connectivity index (χ1) is 11.5. The molecule has 0 atom stereocenters. The molecular formula is C16H16ClN3O3S. The number of hydrogen-bond donors (Lipinski definition) is 2. The molecule has 0 spiro atoms. The Labute approximate surface area is 148 Å². The lowest BCUT2D eigenvalue weighted by atomic mass is 10.2. The summed E-state index contributed by atoms with van der Waals surface area (Å²) >= 11 is 7.53. The number of aromatic nitrogens is 1. The normalized spacial score (nSPS) is 14.5. The number of aliphatic hydroxyl groups excluding tert-OH is 1. The Hall–Kier alpha value is -2.25. The Morgan fingerprint density at radius 1 is 1.29 bits per heavy atom. The molecule has 24 heavy (non-hydrogen) atoms. The van der Waals surface area contributed by atoms with Crippen LogP contribution in [0.25, 0.3) is 5.57 Å². The van der Waals surface area contributed by atoms with Crippen molar-refractivity contribution < 1.29 is 14.6 Å². The van der Waals surface area contributed by atoms with E-state index in [0.717, 1.165) is 5.69 Å². The van der Waals surface area contributed by atoms with Crippen molar-refractivity contribution in [2.75, 3.05) is 25.7 Å². The fourth-order valence-corrected chi connectivity index (χ4v) is 3.63. The zero-order valence-electron chi connectivity index (χ0n) is 13.4. The molecule has 1 aromatic heterocycles. The van der Waals surface area contributed by atoms with Gasteiger partial charge in [-0.1, -0.05) is 11.6 Å². The van der Waals surface area contributed by atoms with Crippen molar-refractivity contribution in [3.8, 4) is 11.5 Å². The van der Waals surface area contributed by atoms with Gasteiger partial charge in [0, 0.05) is 23.2 Å². The Balaban J connectivity index is 2.03. The van der Waals surface area contributed by atoms with Gasteiger partial charge in [0.25, 0.3) is 0 Å². The van der Waals surface area contributed by atoms with Gasteiger partial charge in [0.05, 0.1) is 37.0 Å². The maximum atomic E-state index is 10.4. The van der Waals surface area contributed by atoms with Crippen LogP contribution in [0.1, 0.15) is 10.7 Å². The number of ether oxygens (including phenoxy) is 2. The third kappa shape index (κ3) is 2.70. The van der Waals surface area contributed by atoms with Gasteiger partial charge in [-0.2, -0.15) is 0 Å². The standard InChI is InChI=1S/C16H16ClN3O3S/c1-8-7-24-16(19-8)14-11(21)6-20(15(14)18)10-5-12(22-2)9(17)4-13(10)23-3/h4-5,7,18,21H,6H2,1-3H3. The fraction of sp³-hybridized carbons (Fsp3) is 0.250. The second-order valence-corrected chi connectivity index (χ2v) is 6.47. The Morgan fingerprint density at radius 2 is 2.00 bits per heavy atom. The van der Waals surface area contributed by atoms with E-state index >= 15 is 0 Å². The van der Waals surface area contributed by atoms with Crippen LogP contribution < -0.4 is 14.4 Å². The summed E-state index contributed by atoms with van der Waals surface area (Å²) in [5.74, 6) is 1.23. The summed E-state index contributed by atoms with van der Waals surface area (Å²) in [5.41, 5.74) is 1.88. The first-order valence-electron chi connectivity index (χ1n) is 7.08. The number of thiazole rings is 1. The van der Waals surface area contributed by atoms with E-state index in [1.54, 1.807) is 17.0 Å². The van der Waals surface area contributed by atoms with Crippen LogP contribution in [0.4, 0.5) is 5.69 Å². The van der Waals surface area contributed by atoms with Crippen LogP contribution in [0.15, 0.2) is 23.3 Å². The van der Waals surface area contributed by atoms with Crippen molar-refractivity contribution in [1.29, 1.82) is 5.41 Å². The Morgan fingerprint density at radius 3 is 2.58 bits per heavy atom. The SMILES string of the molecule is COc1cc(N2CC(O)=C(c3nc(C)cs3)C2=N)c(OC)cc1Cl. The largest absolute Gasteiger partial charge is 0.510 e. The van der Waals surface area contributed by atoms with Crippen molar-refractivity contribution >= 4 is 40.0 Å². The summed E-state index contributed by atoms with van der Waals surface area (Å²) in [6.45, 7) is 2.04. The summed E-state index contributed by atoms with van der Waals surface area (Å²) in [5, 5.41) is 21.8. The van der Waals surface area contributed by atoms with E-state index in [4.69, 9.17) is 26.5 Å². The smallest absolute Gasteiger partial charge is 0.144 e. The van der Waals surface area contributed by atoms with E-state index < -0.39 is 0 Å². The van der Waals surface area contributed by atoms with Crippen LogP contribution in [0, 0.1) is 12.3 Å². The van der Waals surface area contributed by atoms with Crippen LogP contribution in [0.2, 0.25) is 5.02 Å². The Kier molecular flexibility index (Phi) is 4.38. The first-order valence-corrected chi connectivity index (χ1v) is 8.34. The van der Waals surface area contributed by atoms with Gasteiger partial charge >= 0.3 is 0 Å². The number of methoxy groups -OCH3 is 2. The molecule has 0 aliphatic carbocycles. The summed E-state index contributed by atoms with van der Waals surface area (Å²) in [6, 6.07) is 3.32. The molecular weight excluding hydrogens is 350 g/mol. The number of rotatable bonds is 4. The maximum absolute atomic E-state index is 10.4. The van der Waals surface area contributed by atoms with Gasteiger partial charge in [0.2, 0.25) is 0 Å². The third-order valence-electron chi connectivity index (χ3n) is 3.68. The lowest BCUT2D eigenvalue weighted by Crippen LogP contribution is -2.26. The number of anilines is 1. The minimum absolute atomic E-state index is 0.102. The highest BCUT2D eigenvalue weighted by Crippen LogP contribution is 2.41. The summed E-state index contributed by atoms with van der Waals surface area (Å²) in [4.78, 5) is 6.01. The highest BCUT2D eigenvalue weighted by Gasteiger charge is 2.33. The number of nitrogens with zero attached hydrogens (tertiary/aromatic N) is 2. The summed E-state index contributed by atoms with van der Waals surface area (Å²) in [6.07, 6.45) is 0. The van der Waals surface area contributed by atoms with Crippen LogP contribution in [-0.4, -0.2) is 36.7 Å². The van der Waals surface area contributed by atoms with E-state index in [0.29, 0.717) is 32.8 Å². The second-order valence-electron chi connectivity index (χ2n) is 5.21. The number of aliphatic hydroxyl groups is 1. The maximum Gasteiger partial charge on any atom is 0.144 e. The van der Waals surface area contributed by atoms with E-state index in [1.165, 1.54) is 25.6 Å². The number of aryl methyl sites for hydroxylation is 1. The van der Waals surface area contributed by atoms with Crippen LogP contribution in [0.5, 0.6) is 11.5 Å². The molecule has 2 N–H and O–H groups in total. The van der Waals surface area contributed by atoms with Crippen molar-refractivity contribution in [2.45, 2.75) is 6.92 Å². The molecule has 2 heterocycles. The quantitative estimate of drug-likeness (QED) is 0.859. The van der Waals surface area contributed by atoms with Gasteiger partial charge in [-0.05, 0) is 6.92 Å². The van der Waals surface area contributed by atoms with Crippen molar-refractivity contribution in [1.82, 2.24) is 4.98 Å². The first kappa shape index (κ1) is 16.6. The molecule has 1 aliphatic heterocycles. The average Bonchev–Trinajstić information content (AvgIpc) is 3.10. The van der Waals surface area contributed by atoms with Crippen molar-refractivity contribution in [2.24, 2.45) is 0 Å².